The van der Waals surface area contributed by atoms with E-state index in [2.05, 4.69) is 20.6 Å². The number of nitrogens with one attached hydrogen (secondary N) is 2. The van der Waals surface area contributed by atoms with Crippen molar-refractivity contribution < 1.29 is 28.3 Å². The summed E-state index contributed by atoms with van der Waals surface area (Å²) >= 11 is 11.9. The van der Waals surface area contributed by atoms with Gasteiger partial charge in [0.15, 0.2) is 12.4 Å². The van der Waals surface area contributed by atoms with Crippen molar-refractivity contribution in [2.75, 3.05) is 19.0 Å². The van der Waals surface area contributed by atoms with Gasteiger partial charge in [0.05, 0.1) is 23.4 Å². The largest absolute Gasteiger partial charge is 0.482 e. The van der Waals surface area contributed by atoms with E-state index in [1.807, 2.05) is 0 Å². The maximum absolute atomic E-state index is 12.9. The number of carbonyl (C=O) groups is 3. The number of esters is 1. The molecule has 11 heteroatoms. The zero-order valence-corrected chi connectivity index (χ0v) is 21.5. The number of methoxy groups -OCH3 is 1. The van der Waals surface area contributed by atoms with Gasteiger partial charge in [-0.3, -0.25) is 9.59 Å². The van der Waals surface area contributed by atoms with E-state index in [1.54, 1.807) is 43.3 Å². The summed E-state index contributed by atoms with van der Waals surface area (Å²) in [7, 11) is 1.30. The number of ether oxygens (including phenoxy) is 2. The Hall–Kier alpha value is -3.82. The third kappa shape index (κ3) is 6.12. The number of hydrazone groups is 1. The molecule has 0 aliphatic heterocycles. The molecule has 2 amide bonds. The van der Waals surface area contributed by atoms with Crippen LogP contribution in [0.3, 0.4) is 0 Å². The van der Waals surface area contributed by atoms with Gasteiger partial charge >= 0.3 is 5.97 Å². The van der Waals surface area contributed by atoms with Crippen LogP contribution in [0.2, 0.25) is 10.0 Å². The summed E-state index contributed by atoms with van der Waals surface area (Å²) in [6, 6.07) is 11.0. The summed E-state index contributed by atoms with van der Waals surface area (Å²) in [5, 5.41) is 7.79. The van der Waals surface area contributed by atoms with E-state index < -0.39 is 17.8 Å². The number of benzene rings is 2. The molecule has 9 nitrogen and oxygen atoms in total. The molecule has 0 unspecified atom stereocenters. The summed E-state index contributed by atoms with van der Waals surface area (Å²) in [5.74, 6) is -0.257. The molecule has 1 aliphatic carbocycles. The molecule has 0 fully saturated rings. The highest BCUT2D eigenvalue weighted by Gasteiger charge is 2.28. The lowest BCUT2D eigenvalue weighted by Gasteiger charge is -2.13. The summed E-state index contributed by atoms with van der Waals surface area (Å²) in [6.45, 7) is 1.48. The number of carbonyl (C=O) groups excluding carboxylic acids is 3. The van der Waals surface area contributed by atoms with Crippen LogP contribution >= 0.6 is 23.2 Å². The fourth-order valence-corrected chi connectivity index (χ4v) is 4.35. The van der Waals surface area contributed by atoms with E-state index in [0.717, 1.165) is 6.42 Å². The number of amides is 2. The molecular weight excluding hydrogens is 521 g/mol. The Kier molecular flexibility index (Phi) is 8.15. The Balaban J connectivity index is 1.43. The SMILES string of the molecule is COC(=O)c1ccc(NC(=O)c2oc3c(c2C)/C(=N/NC(=O)COc2ccc(Cl)cc2Cl)CCC3)cc1. The van der Waals surface area contributed by atoms with Gasteiger partial charge in [0.25, 0.3) is 11.8 Å². The van der Waals surface area contributed by atoms with Crippen molar-refractivity contribution >= 4 is 52.4 Å². The van der Waals surface area contributed by atoms with Crippen molar-refractivity contribution in [3.05, 3.63) is 80.7 Å². The molecule has 37 heavy (non-hydrogen) atoms. The van der Waals surface area contributed by atoms with E-state index in [0.29, 0.717) is 62.5 Å². The van der Waals surface area contributed by atoms with Crippen molar-refractivity contribution in [3.63, 3.8) is 0 Å². The monoisotopic (exact) mass is 543 g/mol. The van der Waals surface area contributed by atoms with Crippen LogP contribution in [0.5, 0.6) is 5.75 Å². The van der Waals surface area contributed by atoms with Gasteiger partial charge in [-0.1, -0.05) is 23.2 Å². The lowest BCUT2D eigenvalue weighted by atomic mass is 9.93. The van der Waals surface area contributed by atoms with Crippen LogP contribution in [0, 0.1) is 6.92 Å². The molecule has 3 aromatic rings. The van der Waals surface area contributed by atoms with Crippen LogP contribution in [0.15, 0.2) is 52.0 Å². The third-order valence-corrected chi connectivity index (χ3v) is 6.19. The van der Waals surface area contributed by atoms with Crippen molar-refractivity contribution in [2.24, 2.45) is 5.10 Å². The molecule has 0 radical (unpaired) electrons. The first-order chi connectivity index (χ1) is 17.8. The topological polar surface area (TPSA) is 119 Å². The van der Waals surface area contributed by atoms with Crippen molar-refractivity contribution in [3.8, 4) is 5.75 Å². The van der Waals surface area contributed by atoms with Gasteiger partial charge in [-0.2, -0.15) is 5.10 Å². The molecule has 0 saturated heterocycles. The van der Waals surface area contributed by atoms with Gasteiger partial charge in [0.1, 0.15) is 11.5 Å². The zero-order chi connectivity index (χ0) is 26.5. The summed E-state index contributed by atoms with van der Waals surface area (Å²) in [5.41, 5.74) is 5.30. The minimum atomic E-state index is -0.472. The molecule has 192 valence electrons. The number of rotatable bonds is 7. The molecular formula is C26H23Cl2N3O6. The van der Waals surface area contributed by atoms with Crippen LogP contribution in [-0.2, 0) is 16.0 Å². The van der Waals surface area contributed by atoms with Crippen molar-refractivity contribution in [2.45, 2.75) is 26.2 Å². The number of furan rings is 1. The van der Waals surface area contributed by atoms with E-state index in [1.165, 1.54) is 13.2 Å². The van der Waals surface area contributed by atoms with E-state index >= 15 is 0 Å². The molecule has 1 heterocycles. The Labute approximate surface area is 222 Å². The average molecular weight is 544 g/mol. The quantitative estimate of drug-likeness (QED) is 0.313. The van der Waals surface area contributed by atoms with Gasteiger partial charge in [-0.05, 0) is 62.2 Å². The molecule has 1 aliphatic rings. The maximum atomic E-state index is 12.9. The van der Waals surface area contributed by atoms with Crippen LogP contribution in [0.1, 0.15) is 50.6 Å². The van der Waals surface area contributed by atoms with E-state index in [4.69, 9.17) is 32.4 Å². The molecule has 0 bridgehead atoms. The zero-order valence-electron chi connectivity index (χ0n) is 20.0. The highest BCUT2D eigenvalue weighted by atomic mass is 35.5. The molecule has 4 rings (SSSR count). The number of anilines is 1. The molecule has 2 aromatic carbocycles. The van der Waals surface area contributed by atoms with Gasteiger partial charge in [-0.25, -0.2) is 10.2 Å². The number of nitrogens with zero attached hydrogens (tertiary/aromatic N) is 1. The normalized spacial score (nSPS) is 13.6. The van der Waals surface area contributed by atoms with Gasteiger partial charge < -0.3 is 19.2 Å². The highest BCUT2D eigenvalue weighted by Crippen LogP contribution is 2.31. The number of aryl methyl sites for hydroxylation is 1. The van der Waals surface area contributed by atoms with E-state index in [9.17, 15) is 14.4 Å². The van der Waals surface area contributed by atoms with Gasteiger partial charge in [0.2, 0.25) is 0 Å². The fourth-order valence-electron chi connectivity index (χ4n) is 3.89. The van der Waals surface area contributed by atoms with E-state index in [-0.39, 0.29) is 12.4 Å². The van der Waals surface area contributed by atoms with Gasteiger partial charge in [-0.15, -0.1) is 0 Å². The van der Waals surface area contributed by atoms with Crippen molar-refractivity contribution in [1.82, 2.24) is 5.43 Å². The van der Waals surface area contributed by atoms with Crippen molar-refractivity contribution in [1.29, 1.82) is 0 Å². The predicted molar refractivity (Wildman–Crippen MR) is 139 cm³/mol. The number of fused-ring (bicyclic) bond motifs is 1. The first kappa shape index (κ1) is 26.2. The molecule has 0 saturated carbocycles. The second-order valence-corrected chi connectivity index (χ2v) is 9.03. The number of hydrogen-bond acceptors (Lipinski definition) is 7. The average Bonchev–Trinajstić information content (AvgIpc) is 3.24. The number of halogens is 2. The lowest BCUT2D eigenvalue weighted by Crippen LogP contribution is -2.27. The fraction of sp³-hybridized carbons (Fsp3) is 0.231. The molecule has 0 atom stereocenters. The van der Waals surface area contributed by atoms with Crippen LogP contribution < -0.4 is 15.5 Å². The molecule has 1 aromatic heterocycles. The molecule has 0 spiro atoms. The Bertz CT molecular complexity index is 1380. The summed E-state index contributed by atoms with van der Waals surface area (Å²) in [6.07, 6.45) is 2.00. The standard InChI is InChI=1S/C26H23Cl2N3O6/c1-14-23-19(30-31-22(32)13-36-20-11-8-16(27)12-18(20)28)4-3-5-21(23)37-24(14)25(33)29-17-9-6-15(7-10-17)26(34)35-2/h6-12H,3-5,13H2,1-2H3,(H,29,33)(H,31,32)/b30-19+. The van der Waals surface area contributed by atoms with Crippen LogP contribution in [-0.4, -0.2) is 37.2 Å². The minimum absolute atomic E-state index is 0.156. The predicted octanol–water partition coefficient (Wildman–Crippen LogP) is 5.17. The molecule has 2 N–H and O–H groups in total. The second-order valence-electron chi connectivity index (χ2n) is 8.19. The van der Waals surface area contributed by atoms with Gasteiger partial charge in [0, 0.05) is 28.3 Å². The minimum Gasteiger partial charge on any atom is -0.482 e. The highest BCUT2D eigenvalue weighted by molar-refractivity contribution is 6.35. The Morgan fingerprint density at radius 2 is 1.84 bits per heavy atom. The third-order valence-electron chi connectivity index (χ3n) is 5.66. The first-order valence-corrected chi connectivity index (χ1v) is 12.1. The lowest BCUT2D eigenvalue weighted by molar-refractivity contribution is -0.123. The summed E-state index contributed by atoms with van der Waals surface area (Å²) < 4.78 is 16.0. The smallest absolute Gasteiger partial charge is 0.337 e. The number of hydrogen-bond donors (Lipinski definition) is 2. The Morgan fingerprint density at radius 3 is 2.54 bits per heavy atom. The van der Waals surface area contributed by atoms with Crippen LogP contribution in [0.4, 0.5) is 5.69 Å². The first-order valence-electron chi connectivity index (χ1n) is 11.3. The van der Waals surface area contributed by atoms with Crippen LogP contribution in [0.25, 0.3) is 0 Å². The Morgan fingerprint density at radius 1 is 1.08 bits per heavy atom. The second kappa shape index (κ2) is 11.5. The summed E-state index contributed by atoms with van der Waals surface area (Å²) in [4.78, 5) is 36.8. The maximum Gasteiger partial charge on any atom is 0.337 e.